The second kappa shape index (κ2) is 5.82. The van der Waals surface area contributed by atoms with Crippen LogP contribution in [0.3, 0.4) is 0 Å². The van der Waals surface area contributed by atoms with Gasteiger partial charge in [-0.25, -0.2) is 4.98 Å². The summed E-state index contributed by atoms with van der Waals surface area (Å²) < 4.78 is 0. The van der Waals surface area contributed by atoms with E-state index < -0.39 is 0 Å². The maximum atomic E-state index is 11.9. The van der Waals surface area contributed by atoms with Crippen LogP contribution >= 0.6 is 0 Å². The number of rotatable bonds is 4. The molecule has 2 rings (SSSR count). The van der Waals surface area contributed by atoms with Gasteiger partial charge in [0.25, 0.3) is 0 Å². The van der Waals surface area contributed by atoms with Crippen LogP contribution in [0.1, 0.15) is 25.6 Å². The van der Waals surface area contributed by atoms with Gasteiger partial charge in [0.1, 0.15) is 5.82 Å². The summed E-state index contributed by atoms with van der Waals surface area (Å²) in [4.78, 5) is 19.1. The van der Waals surface area contributed by atoms with Gasteiger partial charge in [-0.05, 0) is 25.3 Å². The molecule has 1 aromatic heterocycles. The summed E-state index contributed by atoms with van der Waals surface area (Å²) >= 11 is 0. The first-order valence-electron chi connectivity index (χ1n) is 6.26. The van der Waals surface area contributed by atoms with Gasteiger partial charge in [-0.1, -0.05) is 6.92 Å². The quantitative estimate of drug-likeness (QED) is 0.711. The van der Waals surface area contributed by atoms with Crippen LogP contribution < -0.4 is 10.6 Å². The van der Waals surface area contributed by atoms with E-state index in [0.717, 1.165) is 31.6 Å². The van der Waals surface area contributed by atoms with Gasteiger partial charge in [0.2, 0.25) is 5.91 Å². The Labute approximate surface area is 101 Å². The summed E-state index contributed by atoms with van der Waals surface area (Å²) in [5, 5.41) is 6.24. The van der Waals surface area contributed by atoms with E-state index >= 15 is 0 Å². The van der Waals surface area contributed by atoms with E-state index in [1.807, 2.05) is 0 Å². The van der Waals surface area contributed by atoms with Crippen molar-refractivity contribution in [3.05, 3.63) is 18.2 Å². The third-order valence-corrected chi connectivity index (χ3v) is 3.27. The Morgan fingerprint density at radius 2 is 2.53 bits per heavy atom. The van der Waals surface area contributed by atoms with Gasteiger partial charge in [-0.15, -0.1) is 0 Å². The van der Waals surface area contributed by atoms with Crippen molar-refractivity contribution in [1.29, 1.82) is 0 Å². The normalized spacial score (nSPS) is 24.5. The molecule has 1 amide bonds. The van der Waals surface area contributed by atoms with Gasteiger partial charge in [0, 0.05) is 25.4 Å². The molecule has 2 unspecified atom stereocenters. The molecule has 94 valence electrons. The van der Waals surface area contributed by atoms with Crippen molar-refractivity contribution in [3.8, 4) is 0 Å². The summed E-state index contributed by atoms with van der Waals surface area (Å²) in [5.74, 6) is 1.45. The minimum absolute atomic E-state index is 0.0275. The Balaban J connectivity index is 1.73. The number of hydrogen-bond donors (Lipinski definition) is 3. The lowest BCUT2D eigenvalue weighted by molar-refractivity contribution is -0.124. The number of amides is 1. The minimum atomic E-state index is -0.0275. The molecule has 0 saturated carbocycles. The maximum absolute atomic E-state index is 11.9. The van der Waals surface area contributed by atoms with E-state index in [1.54, 1.807) is 12.4 Å². The van der Waals surface area contributed by atoms with E-state index in [9.17, 15) is 4.79 Å². The molecule has 2 atom stereocenters. The number of nitrogens with zero attached hydrogens (tertiary/aromatic N) is 1. The summed E-state index contributed by atoms with van der Waals surface area (Å²) in [7, 11) is 0. The van der Waals surface area contributed by atoms with Crippen LogP contribution in [0, 0.1) is 5.92 Å². The monoisotopic (exact) mass is 236 g/mol. The molecule has 0 radical (unpaired) electrons. The van der Waals surface area contributed by atoms with Crippen molar-refractivity contribution in [2.45, 2.75) is 32.2 Å². The van der Waals surface area contributed by atoms with Crippen LogP contribution in [0.25, 0.3) is 0 Å². The van der Waals surface area contributed by atoms with Crippen LogP contribution in [0.15, 0.2) is 12.4 Å². The molecular formula is C12H20N4O. The molecule has 1 aromatic rings. The molecule has 0 aliphatic carbocycles. The van der Waals surface area contributed by atoms with Crippen LogP contribution in [-0.4, -0.2) is 35.0 Å². The highest BCUT2D eigenvalue weighted by atomic mass is 16.2. The molecule has 3 N–H and O–H groups in total. The molecule has 1 aliphatic heterocycles. The zero-order valence-electron chi connectivity index (χ0n) is 10.2. The summed E-state index contributed by atoms with van der Waals surface area (Å²) in [6.45, 7) is 3.71. The molecule has 1 saturated heterocycles. The van der Waals surface area contributed by atoms with E-state index in [4.69, 9.17) is 0 Å². The van der Waals surface area contributed by atoms with Gasteiger partial charge >= 0.3 is 0 Å². The number of aromatic amines is 1. The Hall–Kier alpha value is -1.36. The Bertz CT molecular complexity index is 349. The molecule has 1 fully saturated rings. The van der Waals surface area contributed by atoms with Crippen molar-refractivity contribution >= 4 is 5.91 Å². The van der Waals surface area contributed by atoms with Crippen LogP contribution in [0.4, 0.5) is 0 Å². The lowest BCUT2D eigenvalue weighted by atomic mass is 9.92. The molecule has 0 aromatic carbocycles. The van der Waals surface area contributed by atoms with Gasteiger partial charge in [-0.3, -0.25) is 4.79 Å². The number of nitrogens with one attached hydrogen (secondary N) is 3. The largest absolute Gasteiger partial charge is 0.354 e. The van der Waals surface area contributed by atoms with Crippen molar-refractivity contribution < 1.29 is 4.79 Å². The molecular weight excluding hydrogens is 216 g/mol. The molecule has 0 spiro atoms. The van der Waals surface area contributed by atoms with Gasteiger partial charge in [0.15, 0.2) is 0 Å². The first-order chi connectivity index (χ1) is 8.27. The third-order valence-electron chi connectivity index (χ3n) is 3.27. The number of imidazole rings is 1. The standard InChI is InChI=1S/C12H20N4O/c1-9-3-2-5-15-11(9)12(17)16-6-4-10-13-7-8-14-10/h7-9,11,15H,2-6H2,1H3,(H,13,14)(H,16,17). The average molecular weight is 236 g/mol. The Morgan fingerprint density at radius 3 is 3.24 bits per heavy atom. The van der Waals surface area contributed by atoms with Crippen molar-refractivity contribution in [2.24, 2.45) is 5.92 Å². The fourth-order valence-electron chi connectivity index (χ4n) is 2.25. The van der Waals surface area contributed by atoms with Gasteiger partial charge in [0.05, 0.1) is 6.04 Å². The van der Waals surface area contributed by atoms with Crippen molar-refractivity contribution in [3.63, 3.8) is 0 Å². The van der Waals surface area contributed by atoms with Gasteiger partial charge < -0.3 is 15.6 Å². The highest BCUT2D eigenvalue weighted by Gasteiger charge is 2.26. The number of carbonyl (C=O) groups excluding carboxylic acids is 1. The smallest absolute Gasteiger partial charge is 0.237 e. The fraction of sp³-hybridized carbons (Fsp3) is 0.667. The lowest BCUT2D eigenvalue weighted by Gasteiger charge is -2.28. The molecule has 5 heteroatoms. The second-order valence-electron chi connectivity index (χ2n) is 4.63. The van der Waals surface area contributed by atoms with Gasteiger partial charge in [-0.2, -0.15) is 0 Å². The third kappa shape index (κ3) is 3.30. The molecule has 1 aliphatic rings. The molecule has 5 nitrogen and oxygen atoms in total. The summed E-state index contributed by atoms with van der Waals surface area (Å²) in [6.07, 6.45) is 6.56. The fourth-order valence-corrected chi connectivity index (χ4v) is 2.25. The number of hydrogen-bond acceptors (Lipinski definition) is 3. The zero-order valence-corrected chi connectivity index (χ0v) is 10.2. The summed E-state index contributed by atoms with van der Waals surface area (Å²) in [5.41, 5.74) is 0. The van der Waals surface area contributed by atoms with Crippen LogP contribution in [-0.2, 0) is 11.2 Å². The SMILES string of the molecule is CC1CCCNC1C(=O)NCCc1ncc[nH]1. The van der Waals surface area contributed by atoms with E-state index in [2.05, 4.69) is 27.5 Å². The van der Waals surface area contributed by atoms with E-state index in [0.29, 0.717) is 12.5 Å². The Kier molecular flexibility index (Phi) is 4.14. The number of H-pyrrole nitrogens is 1. The Morgan fingerprint density at radius 1 is 1.65 bits per heavy atom. The highest BCUT2D eigenvalue weighted by Crippen LogP contribution is 2.15. The van der Waals surface area contributed by atoms with Crippen molar-refractivity contribution in [2.75, 3.05) is 13.1 Å². The predicted octanol–water partition coefficient (Wildman–Crippen LogP) is 0.457. The number of carbonyl (C=O) groups is 1. The first kappa shape index (κ1) is 12.1. The molecule has 17 heavy (non-hydrogen) atoms. The first-order valence-corrected chi connectivity index (χ1v) is 6.26. The minimum Gasteiger partial charge on any atom is -0.354 e. The van der Waals surface area contributed by atoms with E-state index in [-0.39, 0.29) is 11.9 Å². The zero-order chi connectivity index (χ0) is 12.1. The number of aromatic nitrogens is 2. The lowest BCUT2D eigenvalue weighted by Crippen LogP contribution is -2.51. The van der Waals surface area contributed by atoms with E-state index in [1.165, 1.54) is 0 Å². The highest BCUT2D eigenvalue weighted by molar-refractivity contribution is 5.82. The second-order valence-corrected chi connectivity index (χ2v) is 4.63. The maximum Gasteiger partial charge on any atom is 0.237 e. The topological polar surface area (TPSA) is 69.8 Å². The molecule has 2 heterocycles. The predicted molar refractivity (Wildman–Crippen MR) is 65.5 cm³/mol. The molecule has 0 bridgehead atoms. The summed E-state index contributed by atoms with van der Waals surface area (Å²) in [6, 6.07) is -0.0275. The van der Waals surface area contributed by atoms with Crippen molar-refractivity contribution in [1.82, 2.24) is 20.6 Å². The van der Waals surface area contributed by atoms with Crippen LogP contribution in [0.5, 0.6) is 0 Å². The van der Waals surface area contributed by atoms with Crippen LogP contribution in [0.2, 0.25) is 0 Å². The number of piperidine rings is 1. The average Bonchev–Trinajstić information content (AvgIpc) is 2.82.